The third-order valence-electron chi connectivity index (χ3n) is 8.62. The highest BCUT2D eigenvalue weighted by Gasteiger charge is 2.36. The second-order valence-electron chi connectivity index (χ2n) is 12.4. The van der Waals surface area contributed by atoms with Crippen LogP contribution in [0.5, 0.6) is 5.75 Å². The largest absolute Gasteiger partial charge is 0.492 e. The van der Waals surface area contributed by atoms with Gasteiger partial charge in [0.2, 0.25) is 0 Å². The number of halogens is 3. The highest BCUT2D eigenvalue weighted by atomic mass is 19.4. The van der Waals surface area contributed by atoms with Crippen molar-refractivity contribution in [1.82, 2.24) is 4.98 Å². The molecule has 3 aromatic rings. The number of benzene rings is 2. The van der Waals surface area contributed by atoms with Crippen LogP contribution < -0.4 is 4.74 Å². The summed E-state index contributed by atoms with van der Waals surface area (Å²) in [5.74, 6) is -0.364. The zero-order chi connectivity index (χ0) is 33.9. The van der Waals surface area contributed by atoms with Gasteiger partial charge in [-0.25, -0.2) is 0 Å². The van der Waals surface area contributed by atoms with E-state index in [4.69, 9.17) is 14.5 Å². The molecule has 1 N–H and O–H groups in total. The van der Waals surface area contributed by atoms with Crippen molar-refractivity contribution in [3.63, 3.8) is 0 Å². The number of aromatic nitrogens is 1. The van der Waals surface area contributed by atoms with Crippen molar-refractivity contribution in [1.29, 1.82) is 0 Å². The van der Waals surface area contributed by atoms with Crippen LogP contribution in [-0.4, -0.2) is 41.6 Å². The van der Waals surface area contributed by atoms with Gasteiger partial charge in [-0.05, 0) is 73.4 Å². The molecule has 0 fully saturated rings. The first-order valence-electron chi connectivity index (χ1n) is 17.4. The van der Waals surface area contributed by atoms with Crippen molar-refractivity contribution in [2.45, 2.75) is 122 Å². The van der Waals surface area contributed by atoms with E-state index in [9.17, 15) is 23.1 Å². The molecule has 47 heavy (non-hydrogen) atoms. The van der Waals surface area contributed by atoms with Crippen LogP contribution in [0.3, 0.4) is 0 Å². The van der Waals surface area contributed by atoms with Crippen LogP contribution in [0.15, 0.2) is 66.9 Å². The van der Waals surface area contributed by atoms with E-state index in [-0.39, 0.29) is 18.9 Å². The lowest BCUT2D eigenvalue weighted by Crippen LogP contribution is -2.29. The normalized spacial score (nSPS) is 13.0. The molecule has 0 saturated heterocycles. The fourth-order valence-electron chi connectivity index (χ4n) is 5.76. The second-order valence-corrected chi connectivity index (χ2v) is 12.4. The van der Waals surface area contributed by atoms with Gasteiger partial charge < -0.3 is 14.6 Å². The molecule has 8 heteroatoms. The van der Waals surface area contributed by atoms with Crippen molar-refractivity contribution in [2.75, 3.05) is 13.2 Å². The summed E-state index contributed by atoms with van der Waals surface area (Å²) in [5.41, 5.74) is 4.55. The Labute approximate surface area is 278 Å². The van der Waals surface area contributed by atoms with Crippen molar-refractivity contribution in [2.24, 2.45) is 0 Å². The first kappa shape index (κ1) is 38.1. The lowest BCUT2D eigenvalue weighted by atomic mass is 9.86. The number of carboxylic acids is 1. The van der Waals surface area contributed by atoms with E-state index in [1.165, 1.54) is 51.4 Å². The van der Waals surface area contributed by atoms with Crippen molar-refractivity contribution < 1.29 is 32.5 Å². The van der Waals surface area contributed by atoms with Gasteiger partial charge in [-0.1, -0.05) is 107 Å². The molecule has 0 saturated carbocycles. The number of rotatable bonds is 23. The number of pyridine rings is 1. The van der Waals surface area contributed by atoms with Crippen molar-refractivity contribution in [3.05, 3.63) is 72.4 Å². The predicted molar refractivity (Wildman–Crippen MR) is 183 cm³/mol. The minimum absolute atomic E-state index is 0.00654. The number of nitrogens with zero attached hydrogens (tertiary/aromatic N) is 1. The van der Waals surface area contributed by atoms with E-state index < -0.39 is 18.2 Å². The van der Waals surface area contributed by atoms with Crippen LogP contribution >= 0.6 is 0 Å². The van der Waals surface area contributed by atoms with Gasteiger partial charge in [0.1, 0.15) is 5.75 Å². The number of hydrogen-bond acceptors (Lipinski definition) is 4. The van der Waals surface area contributed by atoms with Gasteiger partial charge in [0.15, 0.2) is 6.10 Å². The number of aliphatic carboxylic acids is 1. The van der Waals surface area contributed by atoms with Gasteiger partial charge in [0, 0.05) is 18.6 Å². The maximum absolute atomic E-state index is 13.0. The van der Waals surface area contributed by atoms with Gasteiger partial charge in [0.05, 0.1) is 18.5 Å². The Hall–Kier alpha value is -3.39. The Kier molecular flexibility index (Phi) is 16.8. The molecule has 1 heterocycles. The minimum Gasteiger partial charge on any atom is -0.492 e. The van der Waals surface area contributed by atoms with Gasteiger partial charge in [0.25, 0.3) is 0 Å². The molecular formula is C39H52F3NO4. The molecule has 0 aliphatic rings. The zero-order valence-electron chi connectivity index (χ0n) is 28.1. The van der Waals surface area contributed by atoms with E-state index in [0.29, 0.717) is 31.6 Å². The fourth-order valence-corrected chi connectivity index (χ4v) is 5.76. The Morgan fingerprint density at radius 2 is 1.49 bits per heavy atom. The molecule has 0 radical (unpaired) electrons. The summed E-state index contributed by atoms with van der Waals surface area (Å²) in [6.07, 6.45) is 9.36. The summed E-state index contributed by atoms with van der Waals surface area (Å²) in [6.45, 7) is 3.81. The molecule has 1 aromatic heterocycles. The quantitative estimate of drug-likeness (QED) is 0.103. The van der Waals surface area contributed by atoms with Gasteiger partial charge in [-0.3, -0.25) is 9.78 Å². The van der Waals surface area contributed by atoms with Crippen LogP contribution in [0.1, 0.15) is 115 Å². The summed E-state index contributed by atoms with van der Waals surface area (Å²) in [7, 11) is 0. The lowest BCUT2D eigenvalue weighted by Gasteiger charge is -2.22. The van der Waals surface area contributed by atoms with Crippen LogP contribution in [0.4, 0.5) is 13.2 Å². The summed E-state index contributed by atoms with van der Waals surface area (Å²) in [6, 6.07) is 19.8. The van der Waals surface area contributed by atoms with Crippen LogP contribution in [0.2, 0.25) is 0 Å². The average molecular weight is 656 g/mol. The molecule has 0 bridgehead atoms. The second kappa shape index (κ2) is 20.8. The standard InChI is InChI=1S/C39H52F3NO4/c1-3-4-5-6-7-8-9-10-11-15-26-47-34-22-24-37(43-29-34)36-28-33(21-23-35(36)32-17-13-12-14-18-32)31(19-16-20-38(44)45)25-27-46-30(2)39(40,41)42/h12-14,17-18,21-24,28-31H,3-11,15-16,19-20,25-27H2,1-2H3,(H,44,45). The van der Waals surface area contributed by atoms with E-state index in [2.05, 4.69) is 6.92 Å². The van der Waals surface area contributed by atoms with Crippen LogP contribution in [-0.2, 0) is 9.53 Å². The van der Waals surface area contributed by atoms with Gasteiger partial charge in [-0.15, -0.1) is 0 Å². The average Bonchev–Trinajstić information content (AvgIpc) is 3.06. The highest BCUT2D eigenvalue weighted by molar-refractivity contribution is 5.82. The maximum Gasteiger partial charge on any atom is 0.414 e. The highest BCUT2D eigenvalue weighted by Crippen LogP contribution is 2.37. The Morgan fingerprint density at radius 3 is 2.11 bits per heavy atom. The predicted octanol–water partition coefficient (Wildman–Crippen LogP) is 11.4. The molecule has 2 aromatic carbocycles. The molecule has 258 valence electrons. The number of ether oxygens (including phenoxy) is 2. The molecule has 2 unspecified atom stereocenters. The summed E-state index contributed by atoms with van der Waals surface area (Å²) in [5, 5.41) is 9.19. The summed E-state index contributed by atoms with van der Waals surface area (Å²) >= 11 is 0. The van der Waals surface area contributed by atoms with Gasteiger partial charge >= 0.3 is 12.1 Å². The Balaban J connectivity index is 1.69. The molecular weight excluding hydrogens is 603 g/mol. The topological polar surface area (TPSA) is 68.7 Å². The summed E-state index contributed by atoms with van der Waals surface area (Å²) in [4.78, 5) is 16.0. The Morgan fingerprint density at radius 1 is 0.809 bits per heavy atom. The third kappa shape index (κ3) is 14.1. The third-order valence-corrected chi connectivity index (χ3v) is 8.62. The Bertz CT molecular complexity index is 1300. The zero-order valence-corrected chi connectivity index (χ0v) is 28.1. The number of hydrogen-bond donors (Lipinski definition) is 1. The number of alkyl halides is 3. The van der Waals surface area contributed by atoms with Crippen LogP contribution in [0, 0.1) is 0 Å². The monoisotopic (exact) mass is 655 g/mol. The molecule has 5 nitrogen and oxygen atoms in total. The summed E-state index contributed by atoms with van der Waals surface area (Å²) < 4.78 is 50.2. The van der Waals surface area contributed by atoms with Crippen molar-refractivity contribution in [3.8, 4) is 28.1 Å². The van der Waals surface area contributed by atoms with E-state index in [1.807, 2.05) is 60.7 Å². The maximum atomic E-state index is 13.0. The number of carbonyl (C=O) groups is 1. The first-order chi connectivity index (χ1) is 22.7. The number of carboxylic acid groups (broad SMARTS) is 1. The van der Waals surface area contributed by atoms with Crippen LogP contribution in [0.25, 0.3) is 22.4 Å². The van der Waals surface area contributed by atoms with E-state index in [1.54, 1.807) is 6.20 Å². The SMILES string of the molecule is CCCCCCCCCCCCOc1ccc(-c2cc(C(CCCC(=O)O)CCOC(C)C(F)(F)F)ccc2-c2ccccc2)nc1. The van der Waals surface area contributed by atoms with Gasteiger partial charge in [-0.2, -0.15) is 13.2 Å². The fraction of sp³-hybridized carbons (Fsp3) is 0.538. The first-order valence-corrected chi connectivity index (χ1v) is 17.4. The molecule has 2 atom stereocenters. The lowest BCUT2D eigenvalue weighted by molar-refractivity contribution is -0.214. The molecule has 0 aliphatic heterocycles. The van der Waals surface area contributed by atoms with Crippen molar-refractivity contribution >= 4 is 5.97 Å². The molecule has 0 spiro atoms. The minimum atomic E-state index is -4.43. The molecule has 0 aliphatic carbocycles. The number of unbranched alkanes of at least 4 members (excludes halogenated alkanes) is 9. The smallest absolute Gasteiger partial charge is 0.414 e. The van der Waals surface area contributed by atoms with E-state index in [0.717, 1.165) is 47.7 Å². The molecule has 3 rings (SSSR count). The molecule has 0 amide bonds. The van der Waals surface area contributed by atoms with E-state index >= 15 is 0 Å².